The van der Waals surface area contributed by atoms with Crippen molar-refractivity contribution in [2.24, 2.45) is 5.73 Å². The fourth-order valence-corrected chi connectivity index (χ4v) is 1.06. The van der Waals surface area contributed by atoms with E-state index < -0.39 is 5.97 Å². The lowest BCUT2D eigenvalue weighted by atomic mass is 10.0. The Balaban J connectivity index is 2.49. The van der Waals surface area contributed by atoms with Crippen LogP contribution in [0.2, 0.25) is 0 Å². The third-order valence-electron chi connectivity index (χ3n) is 1.80. The molecule has 70 valence electrons. The van der Waals surface area contributed by atoms with Gasteiger partial charge >= 0.3 is 5.97 Å². The number of rotatable bonds is 4. The molecule has 0 aromatic carbocycles. The number of carboxylic acid groups (broad SMARTS) is 1. The minimum Gasteiger partial charge on any atom is -0.481 e. The lowest BCUT2D eigenvalue weighted by Crippen LogP contribution is -2.12. The summed E-state index contributed by atoms with van der Waals surface area (Å²) in [6.45, 7) is 0. The number of pyridine rings is 1. The minimum atomic E-state index is -0.815. The summed E-state index contributed by atoms with van der Waals surface area (Å²) < 4.78 is 0. The fourth-order valence-electron chi connectivity index (χ4n) is 1.06. The fraction of sp³-hybridized carbons (Fsp3) is 0.333. The van der Waals surface area contributed by atoms with E-state index in [9.17, 15) is 4.79 Å². The molecule has 0 spiro atoms. The van der Waals surface area contributed by atoms with Crippen molar-refractivity contribution >= 4 is 5.97 Å². The van der Waals surface area contributed by atoms with Crippen molar-refractivity contribution in [3.63, 3.8) is 0 Å². The number of nitrogens with two attached hydrogens (primary N) is 1. The Morgan fingerprint density at radius 3 is 2.69 bits per heavy atom. The van der Waals surface area contributed by atoms with Gasteiger partial charge in [0.05, 0.1) is 0 Å². The van der Waals surface area contributed by atoms with Gasteiger partial charge in [0, 0.05) is 24.9 Å². The maximum atomic E-state index is 10.3. The summed E-state index contributed by atoms with van der Waals surface area (Å²) in [6.07, 6.45) is 3.86. The van der Waals surface area contributed by atoms with Crippen molar-refractivity contribution < 1.29 is 9.90 Å². The van der Waals surface area contributed by atoms with E-state index in [2.05, 4.69) is 4.98 Å². The first-order chi connectivity index (χ1) is 6.20. The van der Waals surface area contributed by atoms with Crippen molar-refractivity contribution in [1.29, 1.82) is 0 Å². The highest BCUT2D eigenvalue weighted by molar-refractivity contribution is 5.66. The van der Waals surface area contributed by atoms with Crippen LogP contribution in [0, 0.1) is 0 Å². The molecule has 0 saturated carbocycles. The molecule has 0 saturated heterocycles. The largest absolute Gasteiger partial charge is 0.481 e. The van der Waals surface area contributed by atoms with Crippen LogP contribution in [0.1, 0.15) is 24.4 Å². The van der Waals surface area contributed by atoms with Crippen LogP contribution in [-0.2, 0) is 4.79 Å². The van der Waals surface area contributed by atoms with Crippen molar-refractivity contribution in [3.05, 3.63) is 30.1 Å². The van der Waals surface area contributed by atoms with Crippen molar-refractivity contribution in [2.75, 3.05) is 0 Å². The zero-order valence-corrected chi connectivity index (χ0v) is 7.18. The van der Waals surface area contributed by atoms with Gasteiger partial charge in [-0.3, -0.25) is 9.78 Å². The molecule has 1 aromatic heterocycles. The molecular weight excluding hydrogens is 168 g/mol. The molecule has 0 radical (unpaired) electrons. The quantitative estimate of drug-likeness (QED) is 0.723. The normalized spacial score (nSPS) is 12.4. The van der Waals surface area contributed by atoms with E-state index in [1.165, 1.54) is 0 Å². The third kappa shape index (κ3) is 3.21. The molecule has 1 aromatic rings. The molecule has 3 N–H and O–H groups in total. The Morgan fingerprint density at radius 1 is 1.54 bits per heavy atom. The molecule has 4 nitrogen and oxygen atoms in total. The highest BCUT2D eigenvalue weighted by Crippen LogP contribution is 2.13. The molecule has 0 aliphatic heterocycles. The second-order valence-corrected chi connectivity index (χ2v) is 2.82. The lowest BCUT2D eigenvalue weighted by Gasteiger charge is -2.09. The third-order valence-corrected chi connectivity index (χ3v) is 1.80. The molecule has 4 heteroatoms. The topological polar surface area (TPSA) is 76.2 Å². The van der Waals surface area contributed by atoms with Gasteiger partial charge in [-0.25, -0.2) is 0 Å². The van der Waals surface area contributed by atoms with Crippen LogP contribution in [-0.4, -0.2) is 16.1 Å². The van der Waals surface area contributed by atoms with Gasteiger partial charge in [-0.05, 0) is 24.1 Å². The molecule has 0 unspecified atom stereocenters. The average Bonchev–Trinajstić information content (AvgIpc) is 2.15. The number of hydrogen-bond donors (Lipinski definition) is 2. The predicted octanol–water partition coefficient (Wildman–Crippen LogP) is 0.946. The zero-order valence-electron chi connectivity index (χ0n) is 7.18. The van der Waals surface area contributed by atoms with Crippen LogP contribution in [0.3, 0.4) is 0 Å². The number of hydrogen-bond acceptors (Lipinski definition) is 3. The highest BCUT2D eigenvalue weighted by atomic mass is 16.4. The van der Waals surface area contributed by atoms with E-state index in [1.54, 1.807) is 24.5 Å². The second-order valence-electron chi connectivity index (χ2n) is 2.82. The Kier molecular flexibility index (Phi) is 3.40. The Hall–Kier alpha value is -1.42. The molecule has 0 aliphatic carbocycles. The molecule has 1 atom stereocenters. The van der Waals surface area contributed by atoms with E-state index in [0.29, 0.717) is 6.42 Å². The zero-order chi connectivity index (χ0) is 9.68. The number of carboxylic acids is 1. The standard InChI is InChI=1S/C9H12N2O2/c10-8(1-2-9(12)13)7-3-5-11-6-4-7/h3-6,8H,1-2,10H2,(H,12,13)/t8-/m1/s1. The summed E-state index contributed by atoms with van der Waals surface area (Å²) in [5.74, 6) is -0.815. The van der Waals surface area contributed by atoms with E-state index in [0.717, 1.165) is 5.56 Å². The van der Waals surface area contributed by atoms with Crippen LogP contribution in [0.25, 0.3) is 0 Å². The summed E-state index contributed by atoms with van der Waals surface area (Å²) in [7, 11) is 0. The van der Waals surface area contributed by atoms with Gasteiger partial charge in [-0.15, -0.1) is 0 Å². The number of carbonyl (C=O) groups is 1. The van der Waals surface area contributed by atoms with Gasteiger partial charge in [0.15, 0.2) is 0 Å². The average molecular weight is 180 g/mol. The monoisotopic (exact) mass is 180 g/mol. The van der Waals surface area contributed by atoms with Gasteiger partial charge in [-0.2, -0.15) is 0 Å². The first kappa shape index (κ1) is 9.67. The molecule has 0 bridgehead atoms. The summed E-state index contributed by atoms with van der Waals surface area (Å²) in [5.41, 5.74) is 6.68. The lowest BCUT2D eigenvalue weighted by molar-refractivity contribution is -0.137. The highest BCUT2D eigenvalue weighted by Gasteiger charge is 2.07. The molecule has 0 aliphatic rings. The summed E-state index contributed by atoms with van der Waals surface area (Å²) in [6, 6.07) is 3.39. The van der Waals surface area contributed by atoms with Crippen LogP contribution in [0.4, 0.5) is 0 Å². The van der Waals surface area contributed by atoms with E-state index in [-0.39, 0.29) is 12.5 Å². The van der Waals surface area contributed by atoms with Gasteiger partial charge in [0.25, 0.3) is 0 Å². The maximum absolute atomic E-state index is 10.3. The van der Waals surface area contributed by atoms with Crippen molar-refractivity contribution in [3.8, 4) is 0 Å². The minimum absolute atomic E-state index is 0.101. The summed E-state index contributed by atoms with van der Waals surface area (Å²) >= 11 is 0. The van der Waals surface area contributed by atoms with Crippen LogP contribution in [0.15, 0.2) is 24.5 Å². The van der Waals surface area contributed by atoms with E-state index >= 15 is 0 Å². The first-order valence-electron chi connectivity index (χ1n) is 4.07. The predicted molar refractivity (Wildman–Crippen MR) is 48.0 cm³/mol. The smallest absolute Gasteiger partial charge is 0.303 e. The molecule has 13 heavy (non-hydrogen) atoms. The number of nitrogens with zero attached hydrogens (tertiary/aromatic N) is 1. The Morgan fingerprint density at radius 2 is 2.15 bits per heavy atom. The number of aliphatic carboxylic acids is 1. The summed E-state index contributed by atoms with van der Waals surface area (Å²) in [4.78, 5) is 14.1. The van der Waals surface area contributed by atoms with Gasteiger partial charge in [0.2, 0.25) is 0 Å². The first-order valence-corrected chi connectivity index (χ1v) is 4.07. The molecule has 1 heterocycles. The van der Waals surface area contributed by atoms with Crippen LogP contribution < -0.4 is 5.73 Å². The van der Waals surface area contributed by atoms with E-state index in [1.807, 2.05) is 0 Å². The van der Waals surface area contributed by atoms with Gasteiger partial charge in [-0.1, -0.05) is 0 Å². The molecule has 0 fully saturated rings. The SMILES string of the molecule is N[C@H](CCC(=O)O)c1ccncc1. The van der Waals surface area contributed by atoms with Gasteiger partial charge < -0.3 is 10.8 Å². The van der Waals surface area contributed by atoms with Crippen LogP contribution in [0.5, 0.6) is 0 Å². The Labute approximate surface area is 76.4 Å². The van der Waals surface area contributed by atoms with Crippen LogP contribution >= 0.6 is 0 Å². The van der Waals surface area contributed by atoms with Crippen molar-refractivity contribution in [1.82, 2.24) is 4.98 Å². The molecular formula is C9H12N2O2. The maximum Gasteiger partial charge on any atom is 0.303 e. The van der Waals surface area contributed by atoms with Gasteiger partial charge in [0.1, 0.15) is 0 Å². The second kappa shape index (κ2) is 4.57. The number of aromatic nitrogens is 1. The summed E-state index contributed by atoms with van der Waals surface area (Å²) in [5, 5.41) is 8.44. The molecule has 1 rings (SSSR count). The Bertz CT molecular complexity index is 274. The van der Waals surface area contributed by atoms with Crippen molar-refractivity contribution in [2.45, 2.75) is 18.9 Å². The molecule has 0 amide bonds. The van der Waals surface area contributed by atoms with E-state index in [4.69, 9.17) is 10.8 Å².